The Balaban J connectivity index is 3.34. The van der Waals surface area contributed by atoms with Gasteiger partial charge in [0, 0.05) is 13.7 Å². The van der Waals surface area contributed by atoms with Gasteiger partial charge in [0.1, 0.15) is 5.75 Å². The second kappa shape index (κ2) is 6.40. The molecule has 1 rings (SSSR count). The van der Waals surface area contributed by atoms with E-state index in [1.165, 1.54) is 16.7 Å². The summed E-state index contributed by atoms with van der Waals surface area (Å²) >= 11 is 0. The quantitative estimate of drug-likeness (QED) is 0.887. The van der Waals surface area contributed by atoms with Crippen molar-refractivity contribution < 1.29 is 9.47 Å². The number of nitrogens with one attached hydrogen (secondary N) is 1. The SMILES string of the molecule is CNCC(OC)c1cc(C(C)(C)C)c(OC)cc1C. The van der Waals surface area contributed by atoms with E-state index in [1.54, 1.807) is 14.2 Å². The van der Waals surface area contributed by atoms with Crippen LogP contribution in [-0.4, -0.2) is 27.8 Å². The molecule has 0 aliphatic heterocycles. The van der Waals surface area contributed by atoms with Gasteiger partial charge in [-0.1, -0.05) is 20.8 Å². The third-order valence-corrected chi connectivity index (χ3v) is 3.42. The molecule has 0 bridgehead atoms. The molecule has 1 unspecified atom stereocenters. The van der Waals surface area contributed by atoms with E-state index >= 15 is 0 Å². The van der Waals surface area contributed by atoms with Crippen molar-refractivity contribution >= 4 is 0 Å². The highest BCUT2D eigenvalue weighted by Gasteiger charge is 2.23. The van der Waals surface area contributed by atoms with Gasteiger partial charge in [0.25, 0.3) is 0 Å². The second-order valence-electron chi connectivity index (χ2n) is 5.94. The molecular formula is C16H27NO2. The Kier molecular flexibility index (Phi) is 5.39. The first-order valence-electron chi connectivity index (χ1n) is 6.71. The van der Waals surface area contributed by atoms with Crippen LogP contribution >= 0.6 is 0 Å². The van der Waals surface area contributed by atoms with Crippen LogP contribution in [0.1, 0.15) is 43.6 Å². The van der Waals surface area contributed by atoms with Crippen molar-refractivity contribution in [2.24, 2.45) is 0 Å². The van der Waals surface area contributed by atoms with Crippen LogP contribution in [0.3, 0.4) is 0 Å². The molecule has 0 aliphatic carbocycles. The maximum Gasteiger partial charge on any atom is 0.122 e. The standard InChI is InChI=1S/C16H27NO2/c1-11-8-14(18-6)13(16(2,3)4)9-12(11)15(19-7)10-17-5/h8-9,15,17H,10H2,1-7H3. The van der Waals surface area contributed by atoms with Gasteiger partial charge in [0.05, 0.1) is 13.2 Å². The van der Waals surface area contributed by atoms with Crippen molar-refractivity contribution in [3.63, 3.8) is 0 Å². The highest BCUT2D eigenvalue weighted by molar-refractivity contribution is 5.46. The summed E-state index contributed by atoms with van der Waals surface area (Å²) in [5.41, 5.74) is 3.69. The molecule has 108 valence electrons. The molecule has 0 heterocycles. The summed E-state index contributed by atoms with van der Waals surface area (Å²) in [4.78, 5) is 0. The van der Waals surface area contributed by atoms with E-state index in [2.05, 4.69) is 45.1 Å². The zero-order valence-corrected chi connectivity index (χ0v) is 13.3. The summed E-state index contributed by atoms with van der Waals surface area (Å²) in [6.07, 6.45) is 0.0667. The van der Waals surface area contributed by atoms with E-state index in [9.17, 15) is 0 Å². The number of hydrogen-bond donors (Lipinski definition) is 1. The van der Waals surface area contributed by atoms with Gasteiger partial charge in [0.15, 0.2) is 0 Å². The lowest BCUT2D eigenvalue weighted by Gasteiger charge is -2.26. The van der Waals surface area contributed by atoms with E-state index in [0.717, 1.165) is 12.3 Å². The van der Waals surface area contributed by atoms with Crippen LogP contribution in [0.15, 0.2) is 12.1 Å². The average molecular weight is 265 g/mol. The fraction of sp³-hybridized carbons (Fsp3) is 0.625. The molecule has 0 saturated heterocycles. The third kappa shape index (κ3) is 3.71. The average Bonchev–Trinajstić information content (AvgIpc) is 2.34. The molecule has 0 fully saturated rings. The lowest BCUT2D eigenvalue weighted by Crippen LogP contribution is -2.21. The maximum absolute atomic E-state index is 5.60. The molecule has 3 nitrogen and oxygen atoms in total. The van der Waals surface area contributed by atoms with Gasteiger partial charge in [-0.15, -0.1) is 0 Å². The fourth-order valence-electron chi connectivity index (χ4n) is 2.31. The summed E-state index contributed by atoms with van der Waals surface area (Å²) in [5, 5.41) is 3.17. The number of benzene rings is 1. The first kappa shape index (κ1) is 16.0. The van der Waals surface area contributed by atoms with Crippen LogP contribution in [0.4, 0.5) is 0 Å². The Morgan fingerprint density at radius 2 is 1.84 bits per heavy atom. The molecular weight excluding hydrogens is 238 g/mol. The van der Waals surface area contributed by atoms with Gasteiger partial charge in [-0.05, 0) is 48.2 Å². The number of likely N-dealkylation sites (N-methyl/N-ethyl adjacent to an activating group) is 1. The zero-order chi connectivity index (χ0) is 14.6. The summed E-state index contributed by atoms with van der Waals surface area (Å²) in [7, 11) is 5.42. The summed E-state index contributed by atoms with van der Waals surface area (Å²) < 4.78 is 11.1. The van der Waals surface area contributed by atoms with Crippen LogP contribution in [0.2, 0.25) is 0 Å². The van der Waals surface area contributed by atoms with Crippen molar-refractivity contribution in [1.29, 1.82) is 0 Å². The molecule has 19 heavy (non-hydrogen) atoms. The van der Waals surface area contributed by atoms with Crippen molar-refractivity contribution in [2.75, 3.05) is 27.8 Å². The highest BCUT2D eigenvalue weighted by atomic mass is 16.5. The monoisotopic (exact) mass is 265 g/mol. The van der Waals surface area contributed by atoms with Crippen LogP contribution in [0.25, 0.3) is 0 Å². The molecule has 1 N–H and O–H groups in total. The normalized spacial score (nSPS) is 13.4. The van der Waals surface area contributed by atoms with Crippen molar-refractivity contribution in [3.8, 4) is 5.75 Å². The molecule has 0 spiro atoms. The molecule has 1 atom stereocenters. The van der Waals surface area contributed by atoms with Gasteiger partial charge >= 0.3 is 0 Å². The maximum atomic E-state index is 5.60. The molecule has 1 aromatic rings. The van der Waals surface area contributed by atoms with Gasteiger partial charge in [-0.3, -0.25) is 0 Å². The molecule has 0 amide bonds. The minimum absolute atomic E-state index is 0.0473. The minimum Gasteiger partial charge on any atom is -0.496 e. The number of rotatable bonds is 5. The Labute approximate surface area is 117 Å². The zero-order valence-electron chi connectivity index (χ0n) is 13.3. The van der Waals surface area contributed by atoms with Crippen LogP contribution in [0, 0.1) is 6.92 Å². The van der Waals surface area contributed by atoms with Crippen LogP contribution < -0.4 is 10.1 Å². The smallest absolute Gasteiger partial charge is 0.122 e. The first-order chi connectivity index (χ1) is 8.85. The van der Waals surface area contributed by atoms with Gasteiger partial charge in [0.2, 0.25) is 0 Å². The van der Waals surface area contributed by atoms with Crippen LogP contribution in [-0.2, 0) is 10.2 Å². The van der Waals surface area contributed by atoms with Gasteiger partial charge in [-0.25, -0.2) is 0 Å². The predicted octanol–water partition coefficient (Wildman–Crippen LogP) is 3.21. The summed E-state index contributed by atoms with van der Waals surface area (Å²) in [6.45, 7) is 9.50. The Hall–Kier alpha value is -1.06. The lowest BCUT2D eigenvalue weighted by atomic mass is 9.83. The number of hydrogen-bond acceptors (Lipinski definition) is 3. The second-order valence-corrected chi connectivity index (χ2v) is 5.94. The predicted molar refractivity (Wildman–Crippen MR) is 80.1 cm³/mol. The minimum atomic E-state index is 0.0473. The summed E-state index contributed by atoms with van der Waals surface area (Å²) in [5.74, 6) is 0.952. The van der Waals surface area contributed by atoms with Crippen molar-refractivity contribution in [2.45, 2.75) is 39.2 Å². The molecule has 0 radical (unpaired) electrons. The van der Waals surface area contributed by atoms with E-state index in [0.29, 0.717) is 0 Å². The number of aryl methyl sites for hydroxylation is 1. The van der Waals surface area contributed by atoms with Crippen molar-refractivity contribution in [1.82, 2.24) is 5.32 Å². The first-order valence-corrected chi connectivity index (χ1v) is 6.71. The number of methoxy groups -OCH3 is 2. The molecule has 3 heteroatoms. The molecule has 0 saturated carbocycles. The van der Waals surface area contributed by atoms with Crippen molar-refractivity contribution in [3.05, 3.63) is 28.8 Å². The molecule has 1 aromatic carbocycles. The van der Waals surface area contributed by atoms with Gasteiger partial charge in [-0.2, -0.15) is 0 Å². The highest BCUT2D eigenvalue weighted by Crippen LogP contribution is 2.35. The topological polar surface area (TPSA) is 30.5 Å². The van der Waals surface area contributed by atoms with E-state index in [4.69, 9.17) is 9.47 Å². The Morgan fingerprint density at radius 3 is 2.26 bits per heavy atom. The van der Waals surface area contributed by atoms with E-state index < -0.39 is 0 Å². The fourth-order valence-corrected chi connectivity index (χ4v) is 2.31. The number of ether oxygens (including phenoxy) is 2. The summed E-state index contributed by atoms with van der Waals surface area (Å²) in [6, 6.07) is 4.33. The Morgan fingerprint density at radius 1 is 1.21 bits per heavy atom. The Bertz CT molecular complexity index is 421. The molecule has 0 aromatic heterocycles. The van der Waals surface area contributed by atoms with Gasteiger partial charge < -0.3 is 14.8 Å². The largest absolute Gasteiger partial charge is 0.496 e. The third-order valence-electron chi connectivity index (χ3n) is 3.42. The lowest BCUT2D eigenvalue weighted by molar-refractivity contribution is 0.103. The van der Waals surface area contributed by atoms with Crippen LogP contribution in [0.5, 0.6) is 5.75 Å². The molecule has 0 aliphatic rings. The van der Waals surface area contributed by atoms with E-state index in [-0.39, 0.29) is 11.5 Å². The van der Waals surface area contributed by atoms with E-state index in [1.807, 2.05) is 7.05 Å².